The summed E-state index contributed by atoms with van der Waals surface area (Å²) in [6.07, 6.45) is 3.42. The van der Waals surface area contributed by atoms with Crippen LogP contribution in [0, 0.1) is 11.8 Å². The van der Waals surface area contributed by atoms with Gasteiger partial charge in [-0.3, -0.25) is 0 Å². The predicted molar refractivity (Wildman–Crippen MR) is 114 cm³/mol. The quantitative estimate of drug-likeness (QED) is 0.549. The Labute approximate surface area is 157 Å². The number of rotatable bonds is 5. The first-order valence-electron chi connectivity index (χ1n) is 9.17. The number of benzene rings is 1. The van der Waals surface area contributed by atoms with Gasteiger partial charge in [0.05, 0.1) is 0 Å². The van der Waals surface area contributed by atoms with Crippen molar-refractivity contribution in [2.24, 2.45) is 11.8 Å². The van der Waals surface area contributed by atoms with Crippen molar-refractivity contribution < 1.29 is 4.74 Å². The molecule has 142 valence electrons. The molecule has 1 aromatic rings. The topological polar surface area (TPSA) is 9.23 Å². The molecule has 0 fully saturated rings. The van der Waals surface area contributed by atoms with Gasteiger partial charge < -0.3 is 4.74 Å². The third-order valence-corrected chi connectivity index (χ3v) is 4.88. The normalized spacial score (nSPS) is 12.2. The van der Waals surface area contributed by atoms with E-state index in [1.54, 1.807) is 7.11 Å². The predicted octanol–water partition coefficient (Wildman–Crippen LogP) is 7.27. The Kier molecular flexibility index (Phi) is 15.9. The maximum absolute atomic E-state index is 4.54. The van der Waals surface area contributed by atoms with Crippen molar-refractivity contribution in [2.45, 2.75) is 72.5 Å². The van der Waals surface area contributed by atoms with Gasteiger partial charge in [-0.25, -0.2) is 0 Å². The smallest absolute Gasteiger partial charge is 0.0433 e. The average molecular weight is 355 g/mol. The monoisotopic (exact) mass is 354 g/mol. The van der Waals surface area contributed by atoms with Crippen molar-refractivity contribution in [3.63, 3.8) is 0 Å². The third kappa shape index (κ3) is 16.4. The van der Waals surface area contributed by atoms with Crippen LogP contribution in [0.2, 0.25) is 0 Å². The zero-order chi connectivity index (χ0) is 19.2. The zero-order valence-corrected chi connectivity index (χ0v) is 18.7. The molecule has 0 aliphatic heterocycles. The van der Waals surface area contributed by atoms with Crippen LogP contribution in [0.5, 0.6) is 0 Å². The minimum atomic E-state index is 0.458. The zero-order valence-electron chi connectivity index (χ0n) is 17.8. The van der Waals surface area contributed by atoms with E-state index in [9.17, 15) is 0 Å². The Morgan fingerprint density at radius 1 is 1.00 bits per heavy atom. The molecule has 0 heterocycles. The minimum absolute atomic E-state index is 0.458. The SMILES string of the molecule is CC(C)CC(c1ccccc1)C(C)C.CCOC.CSC(C)(C)C. The van der Waals surface area contributed by atoms with Crippen LogP contribution >= 0.6 is 11.8 Å². The van der Waals surface area contributed by atoms with Crippen molar-refractivity contribution in [1.82, 2.24) is 0 Å². The summed E-state index contributed by atoms with van der Waals surface area (Å²) >= 11 is 1.88. The summed E-state index contributed by atoms with van der Waals surface area (Å²) in [6.45, 7) is 18.6. The first kappa shape index (κ1) is 25.8. The van der Waals surface area contributed by atoms with Crippen LogP contribution in [-0.2, 0) is 4.74 Å². The van der Waals surface area contributed by atoms with Crippen LogP contribution < -0.4 is 0 Å². The molecule has 1 rings (SSSR count). The Bertz CT molecular complexity index is 363. The van der Waals surface area contributed by atoms with Crippen LogP contribution in [0.15, 0.2) is 30.3 Å². The second-order valence-corrected chi connectivity index (χ2v) is 9.42. The van der Waals surface area contributed by atoms with E-state index >= 15 is 0 Å². The lowest BCUT2D eigenvalue weighted by Crippen LogP contribution is -2.09. The molecule has 0 radical (unpaired) electrons. The van der Waals surface area contributed by atoms with Crippen LogP contribution in [-0.4, -0.2) is 24.7 Å². The Morgan fingerprint density at radius 3 is 1.67 bits per heavy atom. The molecule has 2 heteroatoms. The molecule has 0 aliphatic rings. The van der Waals surface area contributed by atoms with E-state index in [0.29, 0.717) is 4.75 Å². The molecule has 0 aliphatic carbocycles. The van der Waals surface area contributed by atoms with Gasteiger partial charge in [-0.05, 0) is 42.9 Å². The highest BCUT2D eigenvalue weighted by atomic mass is 32.2. The summed E-state index contributed by atoms with van der Waals surface area (Å²) in [6, 6.07) is 10.9. The van der Waals surface area contributed by atoms with Gasteiger partial charge in [-0.2, -0.15) is 11.8 Å². The fraction of sp³-hybridized carbons (Fsp3) is 0.727. The second kappa shape index (κ2) is 14.8. The van der Waals surface area contributed by atoms with Crippen molar-refractivity contribution in [1.29, 1.82) is 0 Å². The van der Waals surface area contributed by atoms with Crippen molar-refractivity contribution in [2.75, 3.05) is 20.0 Å². The van der Waals surface area contributed by atoms with Crippen molar-refractivity contribution in [3.05, 3.63) is 35.9 Å². The summed E-state index contributed by atoms with van der Waals surface area (Å²) in [7, 11) is 1.68. The molecular formula is C22H42OS. The van der Waals surface area contributed by atoms with Crippen LogP contribution in [0.4, 0.5) is 0 Å². The fourth-order valence-corrected chi connectivity index (χ4v) is 2.00. The molecular weight excluding hydrogens is 312 g/mol. The van der Waals surface area contributed by atoms with E-state index in [2.05, 4.69) is 89.8 Å². The van der Waals surface area contributed by atoms with Crippen molar-refractivity contribution in [3.8, 4) is 0 Å². The lowest BCUT2D eigenvalue weighted by molar-refractivity contribution is 0.215. The maximum Gasteiger partial charge on any atom is 0.0433 e. The number of hydrogen-bond acceptors (Lipinski definition) is 2. The molecule has 0 spiro atoms. The number of hydrogen-bond donors (Lipinski definition) is 0. The number of methoxy groups -OCH3 is 1. The molecule has 0 aromatic heterocycles. The van der Waals surface area contributed by atoms with E-state index < -0.39 is 0 Å². The van der Waals surface area contributed by atoms with Gasteiger partial charge in [0.1, 0.15) is 0 Å². The molecule has 0 saturated heterocycles. The summed E-state index contributed by atoms with van der Waals surface area (Å²) in [5.74, 6) is 2.23. The van der Waals surface area contributed by atoms with E-state index in [1.807, 2.05) is 18.7 Å². The largest absolute Gasteiger partial charge is 0.385 e. The molecule has 1 unspecified atom stereocenters. The summed E-state index contributed by atoms with van der Waals surface area (Å²) < 4.78 is 5.00. The van der Waals surface area contributed by atoms with Crippen LogP contribution in [0.1, 0.15) is 73.3 Å². The van der Waals surface area contributed by atoms with Gasteiger partial charge in [0.25, 0.3) is 0 Å². The molecule has 0 saturated carbocycles. The van der Waals surface area contributed by atoms with Gasteiger partial charge in [0.15, 0.2) is 0 Å². The third-order valence-electron chi connectivity index (χ3n) is 3.66. The molecule has 1 aromatic carbocycles. The van der Waals surface area contributed by atoms with Gasteiger partial charge in [-0.1, -0.05) is 78.8 Å². The molecule has 0 amide bonds. The van der Waals surface area contributed by atoms with E-state index in [4.69, 9.17) is 0 Å². The molecule has 0 N–H and O–H groups in total. The first-order chi connectivity index (χ1) is 11.1. The first-order valence-corrected chi connectivity index (χ1v) is 10.4. The molecule has 1 atom stereocenters. The summed E-state index contributed by atoms with van der Waals surface area (Å²) in [4.78, 5) is 0. The Morgan fingerprint density at radius 2 is 1.42 bits per heavy atom. The van der Waals surface area contributed by atoms with Gasteiger partial charge in [-0.15, -0.1) is 0 Å². The Balaban J connectivity index is 0. The van der Waals surface area contributed by atoms with Gasteiger partial charge >= 0.3 is 0 Å². The lowest BCUT2D eigenvalue weighted by Gasteiger charge is -2.23. The highest BCUT2D eigenvalue weighted by molar-refractivity contribution is 7.99. The van der Waals surface area contributed by atoms with Crippen LogP contribution in [0.25, 0.3) is 0 Å². The second-order valence-electron chi connectivity index (χ2n) is 7.78. The molecule has 1 nitrogen and oxygen atoms in total. The average Bonchev–Trinajstić information content (AvgIpc) is 2.53. The van der Waals surface area contributed by atoms with Gasteiger partial charge in [0.2, 0.25) is 0 Å². The standard InChI is InChI=1S/C14H22.C5H12S.C3H8O/c1-11(2)10-14(12(3)4)13-8-6-5-7-9-13;1-5(2,3)6-4;1-3-4-2/h5-9,11-12,14H,10H2,1-4H3;1-4H3;3H2,1-2H3. The van der Waals surface area contributed by atoms with E-state index in [0.717, 1.165) is 24.4 Å². The Hall–Kier alpha value is -0.470. The molecule has 0 bridgehead atoms. The van der Waals surface area contributed by atoms with Crippen molar-refractivity contribution >= 4 is 11.8 Å². The molecule has 24 heavy (non-hydrogen) atoms. The van der Waals surface area contributed by atoms with E-state index in [-0.39, 0.29) is 0 Å². The van der Waals surface area contributed by atoms with E-state index in [1.165, 1.54) is 12.0 Å². The number of ether oxygens (including phenoxy) is 1. The summed E-state index contributed by atoms with van der Waals surface area (Å²) in [5.41, 5.74) is 1.50. The minimum Gasteiger partial charge on any atom is -0.385 e. The van der Waals surface area contributed by atoms with Gasteiger partial charge in [0, 0.05) is 18.5 Å². The fourth-order valence-electron chi connectivity index (χ4n) is 2.00. The summed E-state index contributed by atoms with van der Waals surface area (Å²) in [5, 5.41) is 0. The lowest BCUT2D eigenvalue weighted by atomic mass is 9.82. The highest BCUT2D eigenvalue weighted by Crippen LogP contribution is 2.30. The number of thioether (sulfide) groups is 1. The highest BCUT2D eigenvalue weighted by Gasteiger charge is 2.16. The maximum atomic E-state index is 4.54. The van der Waals surface area contributed by atoms with Crippen LogP contribution in [0.3, 0.4) is 0 Å².